The first-order valence-electron chi connectivity index (χ1n) is 8.15. The van der Waals surface area contributed by atoms with Crippen molar-refractivity contribution in [3.8, 4) is 11.4 Å². The molecule has 1 fully saturated rings. The van der Waals surface area contributed by atoms with Crippen molar-refractivity contribution in [1.29, 1.82) is 0 Å². The van der Waals surface area contributed by atoms with Crippen molar-refractivity contribution in [2.45, 2.75) is 18.9 Å². The predicted molar refractivity (Wildman–Crippen MR) is 91.3 cm³/mol. The summed E-state index contributed by atoms with van der Waals surface area (Å²) in [5.74, 6) is 0.669. The van der Waals surface area contributed by atoms with Gasteiger partial charge in [-0.15, -0.1) is 0 Å². The molecule has 0 saturated carbocycles. The lowest BCUT2D eigenvalue weighted by Gasteiger charge is -2.26. The van der Waals surface area contributed by atoms with E-state index in [9.17, 15) is 4.79 Å². The molecule has 4 rings (SSSR count). The lowest BCUT2D eigenvalue weighted by molar-refractivity contribution is 0.0736. The van der Waals surface area contributed by atoms with Gasteiger partial charge in [0.05, 0.1) is 11.6 Å². The molecule has 5 nitrogen and oxygen atoms in total. The summed E-state index contributed by atoms with van der Waals surface area (Å²) in [5, 5.41) is 6.75. The number of carbonyl (C=O) groups is 1. The number of hydrogen-bond donors (Lipinski definition) is 1. The Bertz CT molecular complexity index is 830. The molecular formula is C19H18N4O. The Hall–Kier alpha value is -2.95. The lowest BCUT2D eigenvalue weighted by atomic mass is 10.0. The minimum atomic E-state index is 0.0494. The van der Waals surface area contributed by atoms with E-state index in [1.807, 2.05) is 47.4 Å². The average Bonchev–Trinajstić information content (AvgIpc) is 3.33. The Morgan fingerprint density at radius 2 is 1.88 bits per heavy atom. The van der Waals surface area contributed by atoms with Crippen LogP contribution in [0.15, 0.2) is 60.9 Å². The zero-order valence-electron chi connectivity index (χ0n) is 13.2. The zero-order chi connectivity index (χ0) is 16.4. The highest BCUT2D eigenvalue weighted by molar-refractivity contribution is 6.00. The van der Waals surface area contributed by atoms with Crippen LogP contribution in [0.4, 0.5) is 0 Å². The molecule has 5 heteroatoms. The second-order valence-corrected chi connectivity index (χ2v) is 5.95. The topological polar surface area (TPSA) is 61.9 Å². The smallest absolute Gasteiger partial charge is 0.255 e. The summed E-state index contributed by atoms with van der Waals surface area (Å²) < 4.78 is 0. The highest BCUT2D eigenvalue weighted by Gasteiger charge is 2.31. The Balaban J connectivity index is 1.69. The number of rotatable bonds is 3. The molecule has 1 aliphatic heterocycles. The quantitative estimate of drug-likeness (QED) is 0.804. The fraction of sp³-hybridized carbons (Fsp3) is 0.211. The third-order valence-corrected chi connectivity index (χ3v) is 4.53. The predicted octanol–water partition coefficient (Wildman–Crippen LogP) is 3.45. The second-order valence-electron chi connectivity index (χ2n) is 5.95. The molecule has 24 heavy (non-hydrogen) atoms. The molecule has 1 N–H and O–H groups in total. The van der Waals surface area contributed by atoms with Gasteiger partial charge in [-0.05, 0) is 24.5 Å². The Morgan fingerprint density at radius 1 is 1.08 bits per heavy atom. The van der Waals surface area contributed by atoms with E-state index in [0.29, 0.717) is 11.4 Å². The average molecular weight is 318 g/mol. The van der Waals surface area contributed by atoms with Crippen LogP contribution in [0.25, 0.3) is 11.4 Å². The van der Waals surface area contributed by atoms with Gasteiger partial charge in [-0.1, -0.05) is 48.5 Å². The van der Waals surface area contributed by atoms with E-state index in [1.54, 1.807) is 0 Å². The molecule has 1 amide bonds. The Kier molecular flexibility index (Phi) is 3.83. The molecule has 1 saturated heterocycles. The van der Waals surface area contributed by atoms with Crippen molar-refractivity contribution >= 4 is 5.91 Å². The molecule has 2 heterocycles. The fourth-order valence-electron chi connectivity index (χ4n) is 3.40. The van der Waals surface area contributed by atoms with Crippen molar-refractivity contribution in [3.63, 3.8) is 0 Å². The minimum absolute atomic E-state index is 0.0494. The van der Waals surface area contributed by atoms with Crippen molar-refractivity contribution in [2.75, 3.05) is 6.54 Å². The van der Waals surface area contributed by atoms with E-state index in [1.165, 1.54) is 11.9 Å². The normalized spacial score (nSPS) is 17.2. The number of nitrogens with one attached hydrogen (secondary N) is 1. The van der Waals surface area contributed by atoms with E-state index < -0.39 is 0 Å². The number of nitrogens with zero attached hydrogens (tertiary/aromatic N) is 3. The molecular weight excluding hydrogens is 300 g/mol. The maximum Gasteiger partial charge on any atom is 0.255 e. The van der Waals surface area contributed by atoms with Crippen molar-refractivity contribution < 1.29 is 4.79 Å². The van der Waals surface area contributed by atoms with Gasteiger partial charge in [0.2, 0.25) is 0 Å². The maximum absolute atomic E-state index is 13.2. The van der Waals surface area contributed by atoms with Crippen LogP contribution < -0.4 is 0 Å². The summed E-state index contributed by atoms with van der Waals surface area (Å²) in [6, 6.07) is 18.0. The van der Waals surface area contributed by atoms with Crippen molar-refractivity contribution in [3.05, 3.63) is 72.1 Å². The maximum atomic E-state index is 13.2. The molecule has 0 bridgehead atoms. The van der Waals surface area contributed by atoms with Gasteiger partial charge in [0.1, 0.15) is 6.33 Å². The fourth-order valence-corrected chi connectivity index (χ4v) is 3.40. The van der Waals surface area contributed by atoms with Crippen LogP contribution in [0, 0.1) is 0 Å². The minimum Gasteiger partial charge on any atom is -0.332 e. The summed E-state index contributed by atoms with van der Waals surface area (Å²) >= 11 is 0. The van der Waals surface area contributed by atoms with E-state index in [0.717, 1.165) is 24.9 Å². The van der Waals surface area contributed by atoms with Gasteiger partial charge in [-0.2, -0.15) is 5.10 Å². The van der Waals surface area contributed by atoms with Crippen LogP contribution in [0.3, 0.4) is 0 Å². The van der Waals surface area contributed by atoms with Crippen molar-refractivity contribution in [1.82, 2.24) is 20.1 Å². The van der Waals surface area contributed by atoms with Gasteiger partial charge in [0.15, 0.2) is 5.82 Å². The van der Waals surface area contributed by atoms with Gasteiger partial charge in [-0.25, -0.2) is 4.98 Å². The first kappa shape index (κ1) is 14.6. The van der Waals surface area contributed by atoms with Crippen LogP contribution >= 0.6 is 0 Å². The standard InChI is InChI=1S/C19H18N4O/c24-19(16-10-5-4-9-15(16)18-20-13-21-22-18)23-12-6-11-17(23)14-7-2-1-3-8-14/h1-5,7-10,13,17H,6,11-12H2,(H,20,21,22)/t17-/m0/s1. The number of carbonyl (C=O) groups excluding carboxylic acids is 1. The first-order valence-corrected chi connectivity index (χ1v) is 8.15. The van der Waals surface area contributed by atoms with E-state index in [2.05, 4.69) is 27.3 Å². The number of likely N-dealkylation sites (tertiary alicyclic amines) is 1. The summed E-state index contributed by atoms with van der Waals surface area (Å²) in [5.41, 5.74) is 2.65. The van der Waals surface area contributed by atoms with Crippen LogP contribution in [-0.2, 0) is 0 Å². The number of H-pyrrole nitrogens is 1. The SMILES string of the molecule is O=C(c1ccccc1-c1ncn[nH]1)N1CCC[C@H]1c1ccccc1. The second kappa shape index (κ2) is 6.28. The molecule has 1 atom stereocenters. The molecule has 0 radical (unpaired) electrons. The molecule has 0 spiro atoms. The summed E-state index contributed by atoms with van der Waals surface area (Å²) in [4.78, 5) is 19.4. The summed E-state index contributed by atoms with van der Waals surface area (Å²) in [7, 11) is 0. The number of amides is 1. The molecule has 0 aliphatic carbocycles. The zero-order valence-corrected chi connectivity index (χ0v) is 13.2. The molecule has 0 unspecified atom stereocenters. The van der Waals surface area contributed by atoms with Crippen LogP contribution in [0.5, 0.6) is 0 Å². The van der Waals surface area contributed by atoms with Crippen LogP contribution in [0.2, 0.25) is 0 Å². The van der Waals surface area contributed by atoms with Gasteiger partial charge in [0, 0.05) is 12.1 Å². The molecule has 2 aromatic carbocycles. The largest absolute Gasteiger partial charge is 0.332 e. The van der Waals surface area contributed by atoms with Gasteiger partial charge >= 0.3 is 0 Å². The molecule has 1 aromatic heterocycles. The van der Waals surface area contributed by atoms with E-state index in [-0.39, 0.29) is 11.9 Å². The molecule has 1 aliphatic rings. The molecule has 120 valence electrons. The number of benzene rings is 2. The van der Waals surface area contributed by atoms with Crippen LogP contribution in [0.1, 0.15) is 34.8 Å². The third-order valence-electron chi connectivity index (χ3n) is 4.53. The van der Waals surface area contributed by atoms with Crippen LogP contribution in [-0.4, -0.2) is 32.5 Å². The van der Waals surface area contributed by atoms with E-state index in [4.69, 9.17) is 0 Å². The summed E-state index contributed by atoms with van der Waals surface area (Å²) in [6.45, 7) is 0.781. The third kappa shape index (κ3) is 2.58. The highest BCUT2D eigenvalue weighted by Crippen LogP contribution is 2.34. The van der Waals surface area contributed by atoms with Gasteiger partial charge in [-0.3, -0.25) is 9.89 Å². The first-order chi connectivity index (χ1) is 11.8. The molecule has 3 aromatic rings. The Labute approximate surface area is 140 Å². The van der Waals surface area contributed by atoms with Gasteiger partial charge in [0.25, 0.3) is 5.91 Å². The van der Waals surface area contributed by atoms with E-state index >= 15 is 0 Å². The van der Waals surface area contributed by atoms with Gasteiger partial charge < -0.3 is 4.90 Å². The van der Waals surface area contributed by atoms with Crippen molar-refractivity contribution in [2.24, 2.45) is 0 Å². The highest BCUT2D eigenvalue weighted by atomic mass is 16.2. The lowest BCUT2D eigenvalue weighted by Crippen LogP contribution is -2.31. The number of hydrogen-bond acceptors (Lipinski definition) is 3. The monoisotopic (exact) mass is 318 g/mol. The summed E-state index contributed by atoms with van der Waals surface area (Å²) in [6.07, 6.45) is 3.48. The number of aromatic nitrogens is 3. The number of aromatic amines is 1. The Morgan fingerprint density at radius 3 is 2.67 bits per heavy atom.